The number of carbonyl (C=O) groups is 1. The molecule has 0 bridgehead atoms. The van der Waals surface area contributed by atoms with E-state index in [4.69, 9.17) is 18.9 Å². The third-order valence-corrected chi connectivity index (χ3v) is 14.6. The number of allylic oxidation sites excluding steroid dienone is 3. The fourth-order valence-corrected chi connectivity index (χ4v) is 9.84. The minimum Gasteiger partial charge on any atom is -0.394 e. The Morgan fingerprint density at radius 3 is 1.36 bits per heavy atom. The summed E-state index contributed by atoms with van der Waals surface area (Å²) in [7, 11) is 0. The molecule has 12 unspecified atom stereocenters. The maximum atomic E-state index is 13.2. The molecule has 14 heteroatoms. The first-order valence-corrected chi connectivity index (χ1v) is 29.6. The van der Waals surface area contributed by atoms with Crippen LogP contribution >= 0.6 is 0 Å². The fourth-order valence-electron chi connectivity index (χ4n) is 9.84. The average Bonchev–Trinajstić information content (AvgIpc) is 3.38. The largest absolute Gasteiger partial charge is 0.394 e. The van der Waals surface area contributed by atoms with Crippen LogP contribution in [0, 0.1) is 0 Å². The molecule has 2 rings (SSSR count). The molecule has 0 aliphatic carbocycles. The summed E-state index contributed by atoms with van der Waals surface area (Å²) in [5, 5.41) is 86.9. The lowest BCUT2D eigenvalue weighted by Gasteiger charge is -2.46. The summed E-state index contributed by atoms with van der Waals surface area (Å²) in [5.41, 5.74) is 0. The van der Waals surface area contributed by atoms with Gasteiger partial charge in [0.15, 0.2) is 12.6 Å². The summed E-state index contributed by atoms with van der Waals surface area (Å²) in [5.74, 6) is -0.248. The van der Waals surface area contributed by atoms with Crippen molar-refractivity contribution in [1.29, 1.82) is 0 Å². The van der Waals surface area contributed by atoms with Crippen molar-refractivity contribution < 1.29 is 64.6 Å². The zero-order valence-electron chi connectivity index (χ0n) is 45.4. The quantitative estimate of drug-likeness (QED) is 0.0205. The van der Waals surface area contributed by atoms with Crippen molar-refractivity contribution in [3.05, 3.63) is 24.3 Å². The van der Waals surface area contributed by atoms with Gasteiger partial charge in [-0.2, -0.15) is 0 Å². The second-order valence-electron chi connectivity index (χ2n) is 21.1. The molecular weight excluding hydrogens is 919 g/mol. The van der Waals surface area contributed by atoms with Gasteiger partial charge in [-0.1, -0.05) is 231 Å². The van der Waals surface area contributed by atoms with Crippen molar-refractivity contribution in [2.75, 3.05) is 19.8 Å². The van der Waals surface area contributed by atoms with E-state index in [9.17, 15) is 45.6 Å². The molecule has 0 saturated carbocycles. The van der Waals surface area contributed by atoms with Gasteiger partial charge in [0.2, 0.25) is 5.91 Å². The number of unbranched alkanes of at least 4 members (excludes halogenated alkanes) is 32. The minimum absolute atomic E-state index is 0.248. The number of amides is 1. The smallest absolute Gasteiger partial charge is 0.220 e. The highest BCUT2D eigenvalue weighted by atomic mass is 16.7. The first-order chi connectivity index (χ1) is 35.1. The maximum absolute atomic E-state index is 13.2. The van der Waals surface area contributed by atoms with E-state index >= 15 is 0 Å². The fraction of sp³-hybridized carbons (Fsp3) is 0.914. The molecule has 12 atom stereocenters. The van der Waals surface area contributed by atoms with Gasteiger partial charge < -0.3 is 65.1 Å². The number of hydrogen-bond donors (Lipinski definition) is 9. The van der Waals surface area contributed by atoms with Crippen molar-refractivity contribution in [2.24, 2.45) is 0 Å². The van der Waals surface area contributed by atoms with Crippen molar-refractivity contribution in [3.63, 3.8) is 0 Å². The summed E-state index contributed by atoms with van der Waals surface area (Å²) in [6.07, 6.45) is 35.2. The number of rotatable bonds is 47. The Balaban J connectivity index is 1.74. The molecule has 72 heavy (non-hydrogen) atoms. The van der Waals surface area contributed by atoms with Crippen LogP contribution in [-0.4, -0.2) is 140 Å². The van der Waals surface area contributed by atoms with Gasteiger partial charge in [0, 0.05) is 6.42 Å². The molecule has 2 saturated heterocycles. The number of hydrogen-bond acceptors (Lipinski definition) is 13. The van der Waals surface area contributed by atoms with Crippen molar-refractivity contribution >= 4 is 5.91 Å². The standard InChI is InChI=1S/C58H109NO13/c1-3-5-7-9-11-13-15-17-18-19-20-21-22-23-24-25-26-27-28-29-30-31-33-35-37-39-41-47(62)46(59-50(63)42-40-38-36-34-32-16-14-12-10-8-6-4-2)45-69-57-55(68)53(66)56(49(44-61)71-57)72-58-54(67)52(65)51(64)48(43-60)70-58/h31,33,39,41,46-49,51-58,60-62,64-68H,3-30,32,34-38,40,42-45H2,1-2H3,(H,59,63)/b33-31+,41-39+. The lowest BCUT2D eigenvalue weighted by molar-refractivity contribution is -0.359. The minimum atomic E-state index is -1.79. The Bertz CT molecular complexity index is 1300. The number of ether oxygens (including phenoxy) is 4. The summed E-state index contributed by atoms with van der Waals surface area (Å²) in [6.45, 7) is 2.79. The molecule has 1 amide bonds. The van der Waals surface area contributed by atoms with E-state index in [0.29, 0.717) is 12.8 Å². The van der Waals surface area contributed by atoms with Gasteiger partial charge >= 0.3 is 0 Å². The first-order valence-electron chi connectivity index (χ1n) is 29.6. The number of carbonyl (C=O) groups excluding carboxylic acids is 1. The van der Waals surface area contributed by atoms with Gasteiger partial charge in [-0.15, -0.1) is 0 Å². The van der Waals surface area contributed by atoms with Crippen LogP contribution in [0.3, 0.4) is 0 Å². The molecule has 0 aromatic heterocycles. The summed E-state index contributed by atoms with van der Waals surface area (Å²) in [6, 6.07) is -0.926. The lowest BCUT2D eigenvalue weighted by Crippen LogP contribution is -2.65. The predicted molar refractivity (Wildman–Crippen MR) is 286 cm³/mol. The van der Waals surface area contributed by atoms with Gasteiger partial charge in [0.05, 0.1) is 32.0 Å². The van der Waals surface area contributed by atoms with Crippen molar-refractivity contribution in [1.82, 2.24) is 5.32 Å². The van der Waals surface area contributed by atoms with Crippen LogP contribution in [0.5, 0.6) is 0 Å². The van der Waals surface area contributed by atoms with E-state index < -0.39 is 86.8 Å². The topological polar surface area (TPSA) is 228 Å². The third kappa shape index (κ3) is 30.3. The molecule has 2 heterocycles. The van der Waals surface area contributed by atoms with Gasteiger partial charge in [-0.3, -0.25) is 4.79 Å². The second-order valence-corrected chi connectivity index (χ2v) is 21.1. The Kier molecular flexibility index (Phi) is 41.2. The average molecular weight is 1030 g/mol. The van der Waals surface area contributed by atoms with E-state index in [-0.39, 0.29) is 18.9 Å². The van der Waals surface area contributed by atoms with Crippen LogP contribution in [0.2, 0.25) is 0 Å². The molecule has 2 aliphatic rings. The second kappa shape index (κ2) is 44.6. The highest BCUT2D eigenvalue weighted by molar-refractivity contribution is 5.76. The number of aliphatic hydroxyl groups excluding tert-OH is 8. The first kappa shape index (κ1) is 66.6. The Labute approximate surface area is 437 Å². The molecule has 0 aromatic rings. The van der Waals surface area contributed by atoms with E-state index in [0.717, 1.165) is 32.1 Å². The molecule has 14 nitrogen and oxygen atoms in total. The van der Waals surface area contributed by atoms with Gasteiger partial charge in [0.1, 0.15) is 48.8 Å². The van der Waals surface area contributed by atoms with Crippen molar-refractivity contribution in [2.45, 2.75) is 319 Å². The highest BCUT2D eigenvalue weighted by Crippen LogP contribution is 2.30. The third-order valence-electron chi connectivity index (χ3n) is 14.6. The monoisotopic (exact) mass is 1030 g/mol. The van der Waals surface area contributed by atoms with Crippen LogP contribution in [0.15, 0.2) is 24.3 Å². The van der Waals surface area contributed by atoms with Gasteiger partial charge in [0.25, 0.3) is 0 Å². The predicted octanol–water partition coefficient (Wildman–Crippen LogP) is 9.67. The maximum Gasteiger partial charge on any atom is 0.220 e. The van der Waals surface area contributed by atoms with E-state index in [1.807, 2.05) is 6.08 Å². The molecule has 424 valence electrons. The summed E-state index contributed by atoms with van der Waals surface area (Å²) in [4.78, 5) is 13.2. The lowest BCUT2D eigenvalue weighted by atomic mass is 9.97. The Hall–Kier alpha value is -1.53. The molecule has 2 aliphatic heterocycles. The van der Waals surface area contributed by atoms with E-state index in [1.54, 1.807) is 6.08 Å². The van der Waals surface area contributed by atoms with Crippen LogP contribution in [0.4, 0.5) is 0 Å². The van der Waals surface area contributed by atoms with Crippen molar-refractivity contribution in [3.8, 4) is 0 Å². The zero-order chi connectivity index (χ0) is 52.4. The molecule has 0 aromatic carbocycles. The molecule has 9 N–H and O–H groups in total. The van der Waals surface area contributed by atoms with Crippen LogP contribution in [-0.2, 0) is 23.7 Å². The van der Waals surface area contributed by atoms with Gasteiger partial charge in [-0.05, 0) is 32.1 Å². The zero-order valence-corrected chi connectivity index (χ0v) is 45.4. The summed E-state index contributed by atoms with van der Waals surface area (Å²) >= 11 is 0. The normalized spacial score (nSPS) is 25.7. The molecule has 0 spiro atoms. The van der Waals surface area contributed by atoms with Crippen LogP contribution < -0.4 is 5.32 Å². The Morgan fingerprint density at radius 2 is 0.889 bits per heavy atom. The highest BCUT2D eigenvalue weighted by Gasteiger charge is 2.51. The van der Waals surface area contributed by atoms with Crippen LogP contribution in [0.25, 0.3) is 0 Å². The molecule has 2 fully saturated rings. The summed E-state index contributed by atoms with van der Waals surface area (Å²) < 4.78 is 22.7. The van der Waals surface area contributed by atoms with Gasteiger partial charge in [-0.25, -0.2) is 0 Å². The van der Waals surface area contributed by atoms with E-state index in [1.165, 1.54) is 180 Å². The number of aliphatic hydroxyl groups is 8. The Morgan fingerprint density at radius 1 is 0.486 bits per heavy atom. The van der Waals surface area contributed by atoms with Crippen LogP contribution in [0.1, 0.15) is 245 Å². The molecular formula is C58H109NO13. The molecule has 0 radical (unpaired) electrons. The van der Waals surface area contributed by atoms with E-state index in [2.05, 4.69) is 31.3 Å². The number of nitrogens with one attached hydrogen (secondary N) is 1. The SMILES string of the molecule is CCCCCCCCCCCCCCCCCCCCCC/C=C/CC/C=C/C(O)C(COC1OC(CO)C(OC2OC(CO)C(O)C(O)C2O)C(O)C1O)NC(=O)CCCCCCCCCCCCCC.